The van der Waals surface area contributed by atoms with Crippen LogP contribution in [0.3, 0.4) is 0 Å². The van der Waals surface area contributed by atoms with Crippen LogP contribution >= 0.6 is 11.6 Å². The molecule has 1 aromatic rings. The van der Waals surface area contributed by atoms with Crippen LogP contribution in [-0.4, -0.2) is 40.9 Å². The van der Waals surface area contributed by atoms with E-state index in [1.54, 1.807) is 0 Å². The summed E-state index contributed by atoms with van der Waals surface area (Å²) >= 11 is 5.54. The van der Waals surface area contributed by atoms with Crippen LogP contribution in [0.1, 0.15) is 12.8 Å². The van der Waals surface area contributed by atoms with E-state index < -0.39 is 0 Å². The lowest BCUT2D eigenvalue weighted by Gasteiger charge is -2.15. The van der Waals surface area contributed by atoms with Crippen molar-refractivity contribution in [3.8, 4) is 0 Å². The summed E-state index contributed by atoms with van der Waals surface area (Å²) in [4.78, 5) is 1.81. The molecule has 80 valence electrons. The van der Waals surface area contributed by atoms with Gasteiger partial charge in [-0.2, -0.15) is 0 Å². The van der Waals surface area contributed by atoms with Crippen LogP contribution in [0.5, 0.6) is 0 Å². The minimum absolute atomic E-state index is 0.0705. The quantitative estimate of drug-likeness (QED) is 0.713. The SMILES string of the molecule is CCN(CCO)c1nnc(CCCl)o1. The van der Waals surface area contributed by atoms with E-state index in [2.05, 4.69) is 10.2 Å². The molecule has 0 fully saturated rings. The second-order valence-corrected chi connectivity index (χ2v) is 3.10. The van der Waals surface area contributed by atoms with Crippen molar-refractivity contribution in [2.45, 2.75) is 13.3 Å². The Labute approximate surface area is 87.7 Å². The topological polar surface area (TPSA) is 62.4 Å². The monoisotopic (exact) mass is 219 g/mol. The van der Waals surface area contributed by atoms with Crippen LogP contribution in [0, 0.1) is 0 Å². The maximum Gasteiger partial charge on any atom is 0.318 e. The molecular formula is C8H14ClN3O2. The van der Waals surface area contributed by atoms with Gasteiger partial charge >= 0.3 is 6.01 Å². The number of aliphatic hydroxyl groups is 1. The molecule has 1 heterocycles. The second kappa shape index (κ2) is 5.82. The Hall–Kier alpha value is -0.810. The number of anilines is 1. The lowest BCUT2D eigenvalue weighted by atomic mass is 10.5. The molecule has 0 unspecified atom stereocenters. The molecule has 0 atom stereocenters. The molecule has 0 aromatic carbocycles. The fourth-order valence-corrected chi connectivity index (χ4v) is 1.23. The van der Waals surface area contributed by atoms with Gasteiger partial charge in [0.25, 0.3) is 0 Å². The molecule has 0 saturated carbocycles. The average Bonchev–Trinajstić information content (AvgIpc) is 2.63. The van der Waals surface area contributed by atoms with Crippen molar-refractivity contribution in [1.82, 2.24) is 10.2 Å². The highest BCUT2D eigenvalue weighted by Gasteiger charge is 2.11. The summed E-state index contributed by atoms with van der Waals surface area (Å²) in [6, 6.07) is 0.446. The molecule has 0 aliphatic rings. The van der Waals surface area contributed by atoms with Gasteiger partial charge in [-0.15, -0.1) is 16.7 Å². The van der Waals surface area contributed by atoms with Gasteiger partial charge < -0.3 is 14.4 Å². The average molecular weight is 220 g/mol. The normalized spacial score (nSPS) is 10.5. The van der Waals surface area contributed by atoms with E-state index in [0.29, 0.717) is 30.8 Å². The summed E-state index contributed by atoms with van der Waals surface area (Å²) in [6.45, 7) is 3.25. The first-order valence-corrected chi connectivity index (χ1v) is 5.09. The highest BCUT2D eigenvalue weighted by molar-refractivity contribution is 6.17. The third-order valence-corrected chi connectivity index (χ3v) is 1.98. The molecule has 0 saturated heterocycles. The predicted molar refractivity (Wildman–Crippen MR) is 53.7 cm³/mol. The summed E-state index contributed by atoms with van der Waals surface area (Å²) in [7, 11) is 0. The van der Waals surface area contributed by atoms with E-state index >= 15 is 0 Å². The summed E-state index contributed by atoms with van der Waals surface area (Å²) < 4.78 is 5.34. The van der Waals surface area contributed by atoms with E-state index in [1.165, 1.54) is 0 Å². The number of aryl methyl sites for hydroxylation is 1. The van der Waals surface area contributed by atoms with Gasteiger partial charge in [0.2, 0.25) is 5.89 Å². The Morgan fingerprint density at radius 1 is 1.50 bits per heavy atom. The van der Waals surface area contributed by atoms with E-state index in [4.69, 9.17) is 21.1 Å². The molecule has 1 aromatic heterocycles. The highest BCUT2D eigenvalue weighted by Crippen LogP contribution is 2.11. The largest absolute Gasteiger partial charge is 0.408 e. The number of alkyl halides is 1. The zero-order chi connectivity index (χ0) is 10.4. The zero-order valence-corrected chi connectivity index (χ0v) is 8.87. The third kappa shape index (κ3) is 2.85. The number of hydrogen-bond donors (Lipinski definition) is 1. The summed E-state index contributed by atoms with van der Waals surface area (Å²) in [6.07, 6.45) is 0.575. The fourth-order valence-electron chi connectivity index (χ4n) is 1.06. The number of hydrogen-bond acceptors (Lipinski definition) is 5. The van der Waals surface area contributed by atoms with Crippen LogP contribution in [0.25, 0.3) is 0 Å². The minimum atomic E-state index is 0.0705. The molecule has 0 aliphatic heterocycles. The van der Waals surface area contributed by atoms with E-state index in [9.17, 15) is 0 Å². The summed E-state index contributed by atoms with van der Waals surface area (Å²) in [5.74, 6) is 1.000. The van der Waals surface area contributed by atoms with Crippen molar-refractivity contribution >= 4 is 17.6 Å². The third-order valence-electron chi connectivity index (χ3n) is 1.79. The molecule has 1 rings (SSSR count). The lowest BCUT2D eigenvalue weighted by Crippen LogP contribution is -2.26. The molecule has 14 heavy (non-hydrogen) atoms. The Balaban J connectivity index is 2.63. The first-order chi connectivity index (χ1) is 6.81. The van der Waals surface area contributed by atoms with Crippen LogP contribution in [0.2, 0.25) is 0 Å². The number of rotatable bonds is 6. The number of nitrogens with zero attached hydrogens (tertiary/aromatic N) is 3. The van der Waals surface area contributed by atoms with Crippen molar-refractivity contribution in [2.75, 3.05) is 30.5 Å². The maximum absolute atomic E-state index is 8.79. The van der Waals surface area contributed by atoms with Gasteiger partial charge in [0.15, 0.2) is 0 Å². The van der Waals surface area contributed by atoms with Gasteiger partial charge in [-0.25, -0.2) is 0 Å². The van der Waals surface area contributed by atoms with Crippen molar-refractivity contribution in [3.63, 3.8) is 0 Å². The summed E-state index contributed by atoms with van der Waals surface area (Å²) in [5, 5.41) is 16.5. The van der Waals surface area contributed by atoms with Gasteiger partial charge in [0.1, 0.15) is 0 Å². The molecule has 6 heteroatoms. The van der Waals surface area contributed by atoms with Gasteiger partial charge in [-0.3, -0.25) is 0 Å². The number of likely N-dealkylation sites (N-methyl/N-ethyl adjacent to an activating group) is 1. The second-order valence-electron chi connectivity index (χ2n) is 2.72. The van der Waals surface area contributed by atoms with Gasteiger partial charge in [-0.05, 0) is 6.92 Å². The van der Waals surface area contributed by atoms with Crippen LogP contribution in [-0.2, 0) is 6.42 Å². The van der Waals surface area contributed by atoms with Crippen molar-refractivity contribution in [3.05, 3.63) is 5.89 Å². The van der Waals surface area contributed by atoms with Crippen molar-refractivity contribution in [1.29, 1.82) is 0 Å². The zero-order valence-electron chi connectivity index (χ0n) is 8.11. The maximum atomic E-state index is 8.79. The molecule has 0 aliphatic carbocycles. The molecule has 0 amide bonds. The van der Waals surface area contributed by atoms with Crippen LogP contribution in [0.4, 0.5) is 6.01 Å². The van der Waals surface area contributed by atoms with Gasteiger partial charge in [0.05, 0.1) is 6.61 Å². The Bertz CT molecular complexity index is 267. The highest BCUT2D eigenvalue weighted by atomic mass is 35.5. The van der Waals surface area contributed by atoms with Gasteiger partial charge in [0, 0.05) is 25.4 Å². The number of aromatic nitrogens is 2. The summed E-state index contributed by atoms with van der Waals surface area (Å²) in [5.41, 5.74) is 0. The van der Waals surface area contributed by atoms with Crippen molar-refractivity contribution < 1.29 is 9.52 Å². The molecule has 5 nitrogen and oxygen atoms in total. The first-order valence-electron chi connectivity index (χ1n) is 4.56. The smallest absolute Gasteiger partial charge is 0.318 e. The lowest BCUT2D eigenvalue weighted by molar-refractivity contribution is 0.299. The number of halogens is 1. The molecule has 1 N–H and O–H groups in total. The molecule has 0 spiro atoms. The Kier molecular flexibility index (Phi) is 4.69. The fraction of sp³-hybridized carbons (Fsp3) is 0.750. The predicted octanol–water partition coefficient (Wildman–Crippen LogP) is 0.669. The molecule has 0 bridgehead atoms. The molecular weight excluding hydrogens is 206 g/mol. The minimum Gasteiger partial charge on any atom is -0.408 e. The van der Waals surface area contributed by atoms with E-state index in [0.717, 1.165) is 6.54 Å². The van der Waals surface area contributed by atoms with E-state index in [1.807, 2.05) is 11.8 Å². The van der Waals surface area contributed by atoms with Crippen LogP contribution in [0.15, 0.2) is 4.42 Å². The number of aliphatic hydroxyl groups excluding tert-OH is 1. The first kappa shape index (κ1) is 11.3. The Morgan fingerprint density at radius 3 is 2.86 bits per heavy atom. The van der Waals surface area contributed by atoms with Crippen molar-refractivity contribution in [2.24, 2.45) is 0 Å². The van der Waals surface area contributed by atoms with Crippen LogP contribution < -0.4 is 4.90 Å². The molecule has 0 radical (unpaired) electrons. The standard InChI is InChI=1S/C8H14ClN3O2/c1-2-12(5-6-13)8-11-10-7(14-8)3-4-9/h13H,2-6H2,1H3. The van der Waals surface area contributed by atoms with Gasteiger partial charge in [-0.1, -0.05) is 5.10 Å². The Morgan fingerprint density at radius 2 is 2.29 bits per heavy atom. The van der Waals surface area contributed by atoms with E-state index in [-0.39, 0.29) is 6.61 Å².